The molecular weight excluding hydrogens is 296 g/mol. The van der Waals surface area contributed by atoms with Gasteiger partial charge in [-0.3, -0.25) is 14.5 Å². The molecule has 2 aliphatic rings. The maximum absolute atomic E-state index is 12.1. The summed E-state index contributed by atoms with van der Waals surface area (Å²) in [6.45, 7) is 4.48. The third kappa shape index (κ3) is 3.04. The van der Waals surface area contributed by atoms with Crippen molar-refractivity contribution in [3.8, 4) is 0 Å². The lowest BCUT2D eigenvalue weighted by atomic mass is 10.1. The van der Waals surface area contributed by atoms with Crippen molar-refractivity contribution in [3.63, 3.8) is 0 Å². The molecular formula is C17H20N2O2S. The third-order valence-electron chi connectivity index (χ3n) is 4.10. The summed E-state index contributed by atoms with van der Waals surface area (Å²) in [5.41, 5.74) is 2.20. The van der Waals surface area contributed by atoms with Crippen LogP contribution in [0.4, 0.5) is 10.5 Å². The Morgan fingerprint density at radius 2 is 1.77 bits per heavy atom. The van der Waals surface area contributed by atoms with Crippen LogP contribution in [0, 0.1) is 0 Å². The van der Waals surface area contributed by atoms with Gasteiger partial charge in [-0.15, -0.1) is 0 Å². The van der Waals surface area contributed by atoms with E-state index in [2.05, 4.69) is 17.0 Å². The first-order valence-corrected chi connectivity index (χ1v) is 8.61. The SMILES string of the molecule is CCN1C(=O)S/C(=C\c2ccc(N3CCCCC3)cc2)C1=O. The molecule has 1 aromatic carbocycles. The van der Waals surface area contributed by atoms with Crippen molar-refractivity contribution in [3.05, 3.63) is 34.7 Å². The number of amides is 2. The minimum Gasteiger partial charge on any atom is -0.372 e. The average Bonchev–Trinajstić information content (AvgIpc) is 2.82. The second-order valence-corrected chi connectivity index (χ2v) is 6.56. The van der Waals surface area contributed by atoms with Gasteiger partial charge in [-0.05, 0) is 61.7 Å². The fourth-order valence-electron chi connectivity index (χ4n) is 2.86. The van der Waals surface area contributed by atoms with E-state index >= 15 is 0 Å². The number of imide groups is 1. The summed E-state index contributed by atoms with van der Waals surface area (Å²) in [7, 11) is 0. The monoisotopic (exact) mass is 316 g/mol. The largest absolute Gasteiger partial charge is 0.372 e. The summed E-state index contributed by atoms with van der Waals surface area (Å²) in [5, 5.41) is -0.177. The molecule has 0 radical (unpaired) electrons. The van der Waals surface area contributed by atoms with Crippen LogP contribution in [0.15, 0.2) is 29.2 Å². The van der Waals surface area contributed by atoms with E-state index < -0.39 is 0 Å². The lowest BCUT2D eigenvalue weighted by molar-refractivity contribution is -0.122. The number of nitrogens with zero attached hydrogens (tertiary/aromatic N) is 2. The van der Waals surface area contributed by atoms with E-state index in [9.17, 15) is 9.59 Å². The van der Waals surface area contributed by atoms with Crippen LogP contribution in [0.1, 0.15) is 31.7 Å². The molecule has 0 unspecified atom stereocenters. The number of likely N-dealkylation sites (N-methyl/N-ethyl adjacent to an activating group) is 1. The average molecular weight is 316 g/mol. The smallest absolute Gasteiger partial charge is 0.293 e. The molecule has 4 nitrogen and oxygen atoms in total. The number of hydrogen-bond donors (Lipinski definition) is 0. The van der Waals surface area contributed by atoms with Gasteiger partial charge in [-0.1, -0.05) is 12.1 Å². The number of carbonyl (C=O) groups is 2. The molecule has 0 spiro atoms. The summed E-state index contributed by atoms with van der Waals surface area (Å²) in [6, 6.07) is 8.23. The molecule has 2 heterocycles. The van der Waals surface area contributed by atoms with Crippen molar-refractivity contribution in [2.24, 2.45) is 0 Å². The molecule has 0 atom stereocenters. The number of carbonyl (C=O) groups excluding carboxylic acids is 2. The highest BCUT2D eigenvalue weighted by molar-refractivity contribution is 8.18. The van der Waals surface area contributed by atoms with Crippen molar-refractivity contribution in [2.75, 3.05) is 24.5 Å². The first kappa shape index (κ1) is 15.2. The maximum atomic E-state index is 12.1. The van der Waals surface area contributed by atoms with Gasteiger partial charge in [0, 0.05) is 25.3 Å². The summed E-state index contributed by atoms with van der Waals surface area (Å²) in [5.74, 6) is -0.183. The van der Waals surface area contributed by atoms with Crippen LogP contribution >= 0.6 is 11.8 Å². The fraction of sp³-hybridized carbons (Fsp3) is 0.412. The summed E-state index contributed by atoms with van der Waals surface area (Å²) in [4.78, 5) is 28.0. The number of hydrogen-bond acceptors (Lipinski definition) is 4. The van der Waals surface area contributed by atoms with E-state index in [-0.39, 0.29) is 11.1 Å². The predicted molar refractivity (Wildman–Crippen MR) is 90.9 cm³/mol. The highest BCUT2D eigenvalue weighted by atomic mass is 32.2. The Morgan fingerprint density at radius 1 is 1.09 bits per heavy atom. The molecule has 5 heteroatoms. The highest BCUT2D eigenvalue weighted by Gasteiger charge is 2.33. The van der Waals surface area contributed by atoms with Crippen LogP contribution in [-0.4, -0.2) is 35.7 Å². The molecule has 2 saturated heterocycles. The topological polar surface area (TPSA) is 40.6 Å². The fourth-order valence-corrected chi connectivity index (χ4v) is 3.76. The molecule has 3 rings (SSSR count). The van der Waals surface area contributed by atoms with E-state index in [1.54, 1.807) is 6.08 Å². The zero-order valence-electron chi connectivity index (χ0n) is 12.7. The Labute approximate surface area is 135 Å². The molecule has 2 aliphatic heterocycles. The van der Waals surface area contributed by atoms with Gasteiger partial charge in [-0.2, -0.15) is 0 Å². The van der Waals surface area contributed by atoms with E-state index in [4.69, 9.17) is 0 Å². The van der Waals surface area contributed by atoms with Crippen molar-refractivity contribution in [1.82, 2.24) is 4.90 Å². The number of piperidine rings is 1. The second kappa shape index (κ2) is 6.57. The standard InChI is InChI=1S/C17H20N2O2S/c1-2-19-16(20)15(22-17(19)21)12-13-6-8-14(9-7-13)18-10-4-3-5-11-18/h6-9,12H,2-5,10-11H2,1H3/b15-12-. The molecule has 22 heavy (non-hydrogen) atoms. The zero-order chi connectivity index (χ0) is 15.5. The number of rotatable bonds is 3. The van der Waals surface area contributed by atoms with E-state index in [1.807, 2.05) is 19.1 Å². The Hall–Kier alpha value is -1.75. The van der Waals surface area contributed by atoms with Crippen molar-refractivity contribution < 1.29 is 9.59 Å². The molecule has 116 valence electrons. The van der Waals surface area contributed by atoms with Crippen LogP contribution in [0.3, 0.4) is 0 Å². The molecule has 2 fully saturated rings. The summed E-state index contributed by atoms with van der Waals surface area (Å²) >= 11 is 1.02. The normalized spacial score (nSPS) is 21.0. The number of anilines is 1. The minimum atomic E-state index is -0.183. The van der Waals surface area contributed by atoms with Gasteiger partial charge in [0.15, 0.2) is 0 Å². The lowest BCUT2D eigenvalue weighted by Gasteiger charge is -2.28. The second-order valence-electron chi connectivity index (χ2n) is 5.57. The van der Waals surface area contributed by atoms with Gasteiger partial charge in [0.25, 0.3) is 11.1 Å². The summed E-state index contributed by atoms with van der Waals surface area (Å²) in [6.07, 6.45) is 5.64. The third-order valence-corrected chi connectivity index (χ3v) is 5.01. The molecule has 0 saturated carbocycles. The van der Waals surface area contributed by atoms with Crippen LogP contribution in [0.2, 0.25) is 0 Å². The molecule has 0 aromatic heterocycles. The van der Waals surface area contributed by atoms with Crippen LogP contribution < -0.4 is 4.90 Å². The van der Waals surface area contributed by atoms with Gasteiger partial charge < -0.3 is 4.90 Å². The van der Waals surface area contributed by atoms with Gasteiger partial charge in [0.2, 0.25) is 0 Å². The van der Waals surface area contributed by atoms with Crippen LogP contribution in [-0.2, 0) is 4.79 Å². The van der Waals surface area contributed by atoms with Crippen LogP contribution in [0.5, 0.6) is 0 Å². The first-order chi connectivity index (χ1) is 10.7. The van der Waals surface area contributed by atoms with Crippen LogP contribution in [0.25, 0.3) is 6.08 Å². The summed E-state index contributed by atoms with van der Waals surface area (Å²) < 4.78 is 0. The molecule has 0 N–H and O–H groups in total. The number of thioether (sulfide) groups is 1. The van der Waals surface area contributed by atoms with Crippen molar-refractivity contribution in [1.29, 1.82) is 0 Å². The van der Waals surface area contributed by atoms with Gasteiger partial charge >= 0.3 is 0 Å². The molecule has 1 aromatic rings. The van der Waals surface area contributed by atoms with Gasteiger partial charge in [0.1, 0.15) is 0 Å². The Balaban J connectivity index is 1.74. The molecule has 0 aliphatic carbocycles. The molecule has 0 bridgehead atoms. The van der Waals surface area contributed by atoms with E-state index in [0.29, 0.717) is 11.4 Å². The van der Waals surface area contributed by atoms with E-state index in [0.717, 1.165) is 30.4 Å². The quantitative estimate of drug-likeness (QED) is 0.797. The predicted octanol–water partition coefficient (Wildman–Crippen LogP) is 3.73. The molecule has 2 amide bonds. The van der Waals surface area contributed by atoms with Gasteiger partial charge in [-0.25, -0.2) is 0 Å². The number of benzene rings is 1. The van der Waals surface area contributed by atoms with Gasteiger partial charge in [0.05, 0.1) is 4.91 Å². The first-order valence-electron chi connectivity index (χ1n) is 7.79. The Morgan fingerprint density at radius 3 is 2.36 bits per heavy atom. The Kier molecular flexibility index (Phi) is 4.52. The van der Waals surface area contributed by atoms with Crippen molar-refractivity contribution in [2.45, 2.75) is 26.2 Å². The minimum absolute atomic E-state index is 0.177. The van der Waals surface area contributed by atoms with E-state index in [1.165, 1.54) is 29.8 Å². The Bertz CT molecular complexity index is 604. The zero-order valence-corrected chi connectivity index (χ0v) is 13.6. The maximum Gasteiger partial charge on any atom is 0.293 e. The highest BCUT2D eigenvalue weighted by Crippen LogP contribution is 2.32. The lowest BCUT2D eigenvalue weighted by Crippen LogP contribution is -2.29. The van der Waals surface area contributed by atoms with Crippen molar-refractivity contribution >= 4 is 34.7 Å².